The van der Waals surface area contributed by atoms with E-state index >= 15 is 0 Å². The van der Waals surface area contributed by atoms with Crippen molar-refractivity contribution in [3.63, 3.8) is 0 Å². The fourth-order valence-electron chi connectivity index (χ4n) is 3.68. The Labute approximate surface area is 174 Å². The summed E-state index contributed by atoms with van der Waals surface area (Å²) in [7, 11) is 0. The van der Waals surface area contributed by atoms with Gasteiger partial charge in [0.2, 0.25) is 0 Å². The number of hydrogen-bond acceptors (Lipinski definition) is 4. The van der Waals surface area contributed by atoms with Crippen molar-refractivity contribution in [2.24, 2.45) is 0 Å². The minimum atomic E-state index is -0.194. The first-order chi connectivity index (χ1) is 14.7. The minimum absolute atomic E-state index is 0.194. The molecule has 0 bridgehead atoms. The van der Waals surface area contributed by atoms with Crippen LogP contribution >= 0.6 is 0 Å². The van der Waals surface area contributed by atoms with Gasteiger partial charge in [-0.25, -0.2) is 4.98 Å². The highest BCUT2D eigenvalue weighted by atomic mass is 16.6. The van der Waals surface area contributed by atoms with Gasteiger partial charge in [0, 0.05) is 22.7 Å². The Hall–Kier alpha value is -3.86. The number of anilines is 1. The monoisotopic (exact) mass is 396 g/mol. The highest BCUT2D eigenvalue weighted by Crippen LogP contribution is 2.33. The summed E-state index contributed by atoms with van der Waals surface area (Å²) in [6, 6.07) is 23.0. The number of carbonyl (C=O) groups excluding carboxylic acids is 1. The minimum Gasteiger partial charge on any atom is -0.486 e. The number of fused-ring (bicyclic) bond motifs is 2. The van der Waals surface area contributed by atoms with Crippen molar-refractivity contribution in [3.05, 3.63) is 83.9 Å². The van der Waals surface area contributed by atoms with Gasteiger partial charge in [0.15, 0.2) is 11.5 Å². The molecule has 1 N–H and O–H groups in total. The van der Waals surface area contributed by atoms with Gasteiger partial charge in [-0.05, 0) is 36.8 Å². The SMILES string of the molecule is Cc1ccccc1-c1cc(C(=O)Nc2ccc3c(c2)OCCO3)c2ccccc2n1. The number of aromatic nitrogens is 1. The van der Waals surface area contributed by atoms with Crippen LogP contribution in [0.15, 0.2) is 72.8 Å². The van der Waals surface area contributed by atoms with Gasteiger partial charge in [-0.3, -0.25) is 4.79 Å². The Bertz CT molecular complexity index is 1270. The number of benzene rings is 3. The summed E-state index contributed by atoms with van der Waals surface area (Å²) in [4.78, 5) is 18.1. The molecule has 2 heterocycles. The van der Waals surface area contributed by atoms with Crippen molar-refractivity contribution in [2.75, 3.05) is 18.5 Å². The number of aryl methyl sites for hydroxylation is 1. The van der Waals surface area contributed by atoms with Crippen molar-refractivity contribution in [3.8, 4) is 22.8 Å². The van der Waals surface area contributed by atoms with E-state index in [-0.39, 0.29) is 5.91 Å². The van der Waals surface area contributed by atoms with E-state index < -0.39 is 0 Å². The summed E-state index contributed by atoms with van der Waals surface area (Å²) in [5.41, 5.74) is 4.91. The lowest BCUT2D eigenvalue weighted by Crippen LogP contribution is -2.16. The number of para-hydroxylation sites is 1. The number of carbonyl (C=O) groups is 1. The van der Waals surface area contributed by atoms with Gasteiger partial charge in [0.25, 0.3) is 5.91 Å². The first kappa shape index (κ1) is 18.2. The lowest BCUT2D eigenvalue weighted by molar-refractivity contribution is 0.102. The molecule has 0 atom stereocenters. The van der Waals surface area contributed by atoms with Gasteiger partial charge >= 0.3 is 0 Å². The molecule has 1 aromatic heterocycles. The molecule has 4 aromatic rings. The number of rotatable bonds is 3. The molecule has 0 radical (unpaired) electrons. The van der Waals surface area contributed by atoms with E-state index in [1.54, 1.807) is 6.07 Å². The highest BCUT2D eigenvalue weighted by Gasteiger charge is 2.17. The summed E-state index contributed by atoms with van der Waals surface area (Å²) in [6.07, 6.45) is 0. The Kier molecular flexibility index (Phi) is 4.56. The lowest BCUT2D eigenvalue weighted by atomic mass is 10.0. The van der Waals surface area contributed by atoms with Crippen molar-refractivity contribution >= 4 is 22.5 Å². The first-order valence-corrected chi connectivity index (χ1v) is 9.86. The summed E-state index contributed by atoms with van der Waals surface area (Å²) >= 11 is 0. The van der Waals surface area contributed by atoms with E-state index in [0.29, 0.717) is 36.0 Å². The van der Waals surface area contributed by atoms with Crippen LogP contribution < -0.4 is 14.8 Å². The molecule has 0 spiro atoms. The maximum absolute atomic E-state index is 13.3. The summed E-state index contributed by atoms with van der Waals surface area (Å²) < 4.78 is 11.2. The second-order valence-electron chi connectivity index (χ2n) is 7.20. The van der Waals surface area contributed by atoms with Gasteiger partial charge in [0.05, 0.1) is 16.8 Å². The number of amides is 1. The predicted molar refractivity (Wildman–Crippen MR) is 117 cm³/mol. The largest absolute Gasteiger partial charge is 0.486 e. The number of ether oxygens (including phenoxy) is 2. The third kappa shape index (κ3) is 3.35. The zero-order valence-corrected chi connectivity index (χ0v) is 16.5. The standard InChI is InChI=1S/C25H20N2O3/c1-16-6-2-3-7-18(16)22-15-20(19-8-4-5-9-21(19)27-22)25(28)26-17-10-11-23-24(14-17)30-13-12-29-23/h2-11,14-15H,12-13H2,1H3,(H,26,28). The van der Waals surface area contributed by atoms with E-state index in [1.165, 1.54) is 0 Å². The van der Waals surface area contributed by atoms with Crippen molar-refractivity contribution < 1.29 is 14.3 Å². The van der Waals surface area contributed by atoms with Crippen LogP contribution in [-0.2, 0) is 0 Å². The van der Waals surface area contributed by atoms with Crippen LogP contribution in [0.2, 0.25) is 0 Å². The molecular formula is C25H20N2O3. The molecule has 0 aliphatic carbocycles. The smallest absolute Gasteiger partial charge is 0.256 e. The molecule has 0 fully saturated rings. The summed E-state index contributed by atoms with van der Waals surface area (Å²) in [6.45, 7) is 3.07. The number of hydrogen-bond donors (Lipinski definition) is 1. The summed E-state index contributed by atoms with van der Waals surface area (Å²) in [5, 5.41) is 3.80. The number of nitrogens with zero attached hydrogens (tertiary/aromatic N) is 1. The van der Waals surface area contributed by atoms with E-state index in [4.69, 9.17) is 14.5 Å². The summed E-state index contributed by atoms with van der Waals surface area (Å²) in [5.74, 6) is 1.13. The predicted octanol–water partition coefficient (Wildman–Crippen LogP) is 5.23. The third-order valence-electron chi connectivity index (χ3n) is 5.18. The molecule has 30 heavy (non-hydrogen) atoms. The maximum atomic E-state index is 13.3. The Morgan fingerprint density at radius 2 is 1.67 bits per heavy atom. The second-order valence-corrected chi connectivity index (χ2v) is 7.20. The molecule has 0 saturated heterocycles. The average Bonchev–Trinajstić information content (AvgIpc) is 2.78. The van der Waals surface area contributed by atoms with E-state index in [9.17, 15) is 4.79 Å². The molecule has 5 nitrogen and oxygen atoms in total. The van der Waals surface area contributed by atoms with Gasteiger partial charge in [-0.1, -0.05) is 42.5 Å². The van der Waals surface area contributed by atoms with Crippen LogP contribution in [0.1, 0.15) is 15.9 Å². The van der Waals surface area contributed by atoms with Crippen LogP contribution in [0, 0.1) is 6.92 Å². The normalized spacial score (nSPS) is 12.6. The molecule has 1 amide bonds. The van der Waals surface area contributed by atoms with E-state index in [1.807, 2.05) is 73.7 Å². The second kappa shape index (κ2) is 7.52. The molecule has 148 valence electrons. The Balaban J connectivity index is 1.56. The molecule has 0 unspecified atom stereocenters. The molecule has 1 aliphatic rings. The van der Waals surface area contributed by atoms with Crippen LogP contribution in [0.5, 0.6) is 11.5 Å². The van der Waals surface area contributed by atoms with E-state index in [0.717, 1.165) is 27.7 Å². The third-order valence-corrected chi connectivity index (χ3v) is 5.18. The number of nitrogens with one attached hydrogen (secondary N) is 1. The lowest BCUT2D eigenvalue weighted by Gasteiger charge is -2.19. The molecule has 3 aromatic carbocycles. The van der Waals surface area contributed by atoms with Gasteiger partial charge in [-0.2, -0.15) is 0 Å². The van der Waals surface area contributed by atoms with Gasteiger partial charge < -0.3 is 14.8 Å². The zero-order chi connectivity index (χ0) is 20.5. The van der Waals surface area contributed by atoms with Crippen molar-refractivity contribution in [1.29, 1.82) is 0 Å². The Morgan fingerprint density at radius 3 is 2.53 bits per heavy atom. The number of pyridine rings is 1. The topological polar surface area (TPSA) is 60.5 Å². The maximum Gasteiger partial charge on any atom is 0.256 e. The fourth-order valence-corrected chi connectivity index (χ4v) is 3.68. The van der Waals surface area contributed by atoms with Crippen LogP contribution in [0.4, 0.5) is 5.69 Å². The fraction of sp³-hybridized carbons (Fsp3) is 0.120. The van der Waals surface area contributed by atoms with Crippen LogP contribution in [-0.4, -0.2) is 24.1 Å². The molecular weight excluding hydrogens is 376 g/mol. The molecule has 5 heteroatoms. The quantitative estimate of drug-likeness (QED) is 0.515. The van der Waals surface area contributed by atoms with Crippen LogP contribution in [0.25, 0.3) is 22.2 Å². The van der Waals surface area contributed by atoms with Gasteiger partial charge in [-0.15, -0.1) is 0 Å². The molecule has 1 aliphatic heterocycles. The van der Waals surface area contributed by atoms with E-state index in [2.05, 4.69) is 5.32 Å². The highest BCUT2D eigenvalue weighted by molar-refractivity contribution is 6.13. The zero-order valence-electron chi connectivity index (χ0n) is 16.5. The van der Waals surface area contributed by atoms with Crippen molar-refractivity contribution in [1.82, 2.24) is 4.98 Å². The molecule has 5 rings (SSSR count). The van der Waals surface area contributed by atoms with Gasteiger partial charge in [0.1, 0.15) is 13.2 Å². The van der Waals surface area contributed by atoms with Crippen molar-refractivity contribution in [2.45, 2.75) is 6.92 Å². The Morgan fingerprint density at radius 1 is 0.900 bits per heavy atom. The average molecular weight is 396 g/mol. The molecule has 0 saturated carbocycles. The van der Waals surface area contributed by atoms with Crippen LogP contribution in [0.3, 0.4) is 0 Å². The first-order valence-electron chi connectivity index (χ1n) is 9.86.